The van der Waals surface area contributed by atoms with Crippen molar-refractivity contribution in [3.05, 3.63) is 22.9 Å². The Labute approximate surface area is 108 Å². The van der Waals surface area contributed by atoms with Crippen LogP contribution in [0.15, 0.2) is 6.07 Å². The summed E-state index contributed by atoms with van der Waals surface area (Å²) in [6.07, 6.45) is 0. The molecular weight excluding hydrogens is 234 g/mol. The van der Waals surface area contributed by atoms with Gasteiger partial charge in [-0.05, 0) is 25.5 Å². The maximum absolute atomic E-state index is 9.30. The van der Waals surface area contributed by atoms with E-state index < -0.39 is 0 Å². The molecule has 0 spiro atoms. The summed E-state index contributed by atoms with van der Waals surface area (Å²) in [4.78, 5) is 4.28. The minimum Gasteiger partial charge on any atom is -0.475 e. The molecule has 5 heteroatoms. The number of hydrogen-bond donors (Lipinski definition) is 1. The minimum absolute atomic E-state index is 0.0705. The Bertz CT molecular complexity index is 368. The summed E-state index contributed by atoms with van der Waals surface area (Å²) >= 11 is 0. The number of aryl methyl sites for hydroxylation is 2. The van der Waals surface area contributed by atoms with Gasteiger partial charge in [-0.1, -0.05) is 0 Å². The number of aliphatic hydroxyl groups is 1. The van der Waals surface area contributed by atoms with Crippen LogP contribution >= 0.6 is 0 Å². The maximum atomic E-state index is 9.30. The van der Waals surface area contributed by atoms with Crippen LogP contribution in [-0.4, -0.2) is 43.6 Å². The highest BCUT2D eigenvalue weighted by atomic mass is 16.5. The van der Waals surface area contributed by atoms with E-state index in [1.165, 1.54) is 0 Å². The number of aliphatic hydroxyl groups excluding tert-OH is 1. The van der Waals surface area contributed by atoms with Crippen LogP contribution in [0.3, 0.4) is 0 Å². The Morgan fingerprint density at radius 2 is 1.89 bits per heavy atom. The molecule has 1 aromatic heterocycles. The number of rotatable bonds is 8. The molecule has 0 aliphatic rings. The predicted molar refractivity (Wildman–Crippen MR) is 67.8 cm³/mol. The van der Waals surface area contributed by atoms with Gasteiger partial charge in [0.1, 0.15) is 6.61 Å². The third kappa shape index (κ3) is 4.60. The molecule has 0 radical (unpaired) electrons. The fourth-order valence-electron chi connectivity index (χ4n) is 1.58. The summed E-state index contributed by atoms with van der Waals surface area (Å²) in [5, 5.41) is 9.30. The van der Waals surface area contributed by atoms with Crippen molar-refractivity contribution >= 4 is 0 Å². The smallest absolute Gasteiger partial charge is 0.219 e. The third-order valence-corrected chi connectivity index (χ3v) is 2.49. The zero-order valence-electron chi connectivity index (χ0n) is 11.2. The zero-order valence-corrected chi connectivity index (χ0v) is 11.2. The lowest BCUT2D eigenvalue weighted by Gasteiger charge is -2.12. The van der Waals surface area contributed by atoms with Crippen molar-refractivity contribution in [3.63, 3.8) is 0 Å². The first-order chi connectivity index (χ1) is 8.69. The van der Waals surface area contributed by atoms with Crippen LogP contribution in [0.1, 0.15) is 16.8 Å². The Morgan fingerprint density at radius 3 is 2.56 bits per heavy atom. The molecule has 0 bridgehead atoms. The number of hydrogen-bond acceptors (Lipinski definition) is 5. The van der Waals surface area contributed by atoms with Gasteiger partial charge in [0.2, 0.25) is 5.88 Å². The summed E-state index contributed by atoms with van der Waals surface area (Å²) in [6, 6.07) is 1.92. The van der Waals surface area contributed by atoms with E-state index in [9.17, 15) is 5.11 Å². The van der Waals surface area contributed by atoms with Crippen LogP contribution < -0.4 is 4.74 Å². The van der Waals surface area contributed by atoms with Crippen molar-refractivity contribution in [1.82, 2.24) is 4.98 Å². The van der Waals surface area contributed by atoms with E-state index in [2.05, 4.69) is 4.98 Å². The highest BCUT2D eigenvalue weighted by Gasteiger charge is 2.09. The number of nitrogens with zero attached hydrogens (tertiary/aromatic N) is 1. The van der Waals surface area contributed by atoms with Gasteiger partial charge in [0.05, 0.1) is 26.4 Å². The molecule has 0 aromatic carbocycles. The molecule has 0 atom stereocenters. The number of methoxy groups -OCH3 is 1. The molecule has 0 amide bonds. The van der Waals surface area contributed by atoms with Crippen molar-refractivity contribution in [2.24, 2.45) is 0 Å². The highest BCUT2D eigenvalue weighted by Crippen LogP contribution is 2.20. The van der Waals surface area contributed by atoms with Crippen LogP contribution in [-0.2, 0) is 16.1 Å². The first kappa shape index (κ1) is 14.9. The maximum Gasteiger partial charge on any atom is 0.219 e. The second-order valence-corrected chi connectivity index (χ2v) is 3.98. The number of pyridine rings is 1. The van der Waals surface area contributed by atoms with Gasteiger partial charge in [-0.25, -0.2) is 4.98 Å². The van der Waals surface area contributed by atoms with Crippen LogP contribution in [0.5, 0.6) is 5.88 Å². The lowest BCUT2D eigenvalue weighted by molar-refractivity contribution is 0.0532. The number of ether oxygens (including phenoxy) is 3. The van der Waals surface area contributed by atoms with Crippen molar-refractivity contribution in [2.45, 2.75) is 20.5 Å². The van der Waals surface area contributed by atoms with Crippen LogP contribution in [0.25, 0.3) is 0 Å². The molecule has 5 nitrogen and oxygen atoms in total. The molecule has 0 unspecified atom stereocenters. The van der Waals surface area contributed by atoms with E-state index in [-0.39, 0.29) is 6.61 Å². The second kappa shape index (κ2) is 8.02. The summed E-state index contributed by atoms with van der Waals surface area (Å²) < 4.78 is 15.7. The average Bonchev–Trinajstić information content (AvgIpc) is 2.33. The van der Waals surface area contributed by atoms with Crippen molar-refractivity contribution < 1.29 is 19.3 Å². The molecule has 0 aliphatic heterocycles. The molecule has 1 heterocycles. The largest absolute Gasteiger partial charge is 0.475 e. The Hall–Kier alpha value is -1.17. The van der Waals surface area contributed by atoms with E-state index in [4.69, 9.17) is 14.2 Å². The van der Waals surface area contributed by atoms with Gasteiger partial charge < -0.3 is 19.3 Å². The Balaban J connectivity index is 2.46. The summed E-state index contributed by atoms with van der Waals surface area (Å²) in [5.41, 5.74) is 2.60. The third-order valence-electron chi connectivity index (χ3n) is 2.49. The van der Waals surface area contributed by atoms with E-state index in [0.717, 1.165) is 16.8 Å². The van der Waals surface area contributed by atoms with E-state index in [1.807, 2.05) is 19.9 Å². The highest BCUT2D eigenvalue weighted by molar-refractivity contribution is 5.35. The van der Waals surface area contributed by atoms with E-state index in [1.54, 1.807) is 7.11 Å². The molecule has 102 valence electrons. The molecule has 1 rings (SSSR count). The fourth-order valence-corrected chi connectivity index (χ4v) is 1.58. The average molecular weight is 255 g/mol. The van der Waals surface area contributed by atoms with Crippen LogP contribution in [0.2, 0.25) is 0 Å². The van der Waals surface area contributed by atoms with Crippen LogP contribution in [0.4, 0.5) is 0 Å². The summed E-state index contributed by atoms with van der Waals surface area (Å²) in [6.45, 7) is 5.77. The Morgan fingerprint density at radius 1 is 1.17 bits per heavy atom. The minimum atomic E-state index is -0.0705. The Kier molecular flexibility index (Phi) is 6.64. The van der Waals surface area contributed by atoms with Crippen LogP contribution in [0, 0.1) is 13.8 Å². The van der Waals surface area contributed by atoms with Gasteiger partial charge in [0, 0.05) is 18.4 Å². The molecule has 1 N–H and O–H groups in total. The standard InChI is InChI=1S/C13H21NO4/c1-10-8-11(2)14-13(12(10)9-15)18-7-6-17-5-4-16-3/h8,15H,4-7,9H2,1-3H3. The molecular formula is C13H21NO4. The number of aromatic nitrogens is 1. The predicted octanol–water partition coefficient (Wildman–Crippen LogP) is 1.23. The topological polar surface area (TPSA) is 60.8 Å². The van der Waals surface area contributed by atoms with Crippen molar-refractivity contribution in [2.75, 3.05) is 33.5 Å². The monoisotopic (exact) mass is 255 g/mol. The van der Waals surface area contributed by atoms with Gasteiger partial charge in [0.15, 0.2) is 0 Å². The summed E-state index contributed by atoms with van der Waals surface area (Å²) in [5.74, 6) is 0.491. The van der Waals surface area contributed by atoms with Gasteiger partial charge >= 0.3 is 0 Å². The molecule has 0 aliphatic carbocycles. The van der Waals surface area contributed by atoms with Gasteiger partial charge in [-0.3, -0.25) is 0 Å². The van der Waals surface area contributed by atoms with Crippen molar-refractivity contribution in [1.29, 1.82) is 0 Å². The van der Waals surface area contributed by atoms with Gasteiger partial charge in [-0.2, -0.15) is 0 Å². The normalized spacial score (nSPS) is 10.7. The lowest BCUT2D eigenvalue weighted by atomic mass is 10.1. The van der Waals surface area contributed by atoms with Crippen molar-refractivity contribution in [3.8, 4) is 5.88 Å². The lowest BCUT2D eigenvalue weighted by Crippen LogP contribution is -2.12. The molecule has 18 heavy (non-hydrogen) atoms. The second-order valence-electron chi connectivity index (χ2n) is 3.98. The van der Waals surface area contributed by atoms with E-state index >= 15 is 0 Å². The first-order valence-electron chi connectivity index (χ1n) is 5.96. The van der Waals surface area contributed by atoms with Gasteiger partial charge in [-0.15, -0.1) is 0 Å². The molecule has 0 saturated heterocycles. The van der Waals surface area contributed by atoms with E-state index in [0.29, 0.717) is 32.3 Å². The SMILES string of the molecule is COCCOCCOc1nc(C)cc(C)c1CO. The first-order valence-corrected chi connectivity index (χ1v) is 5.96. The summed E-state index contributed by atoms with van der Waals surface area (Å²) in [7, 11) is 1.63. The molecule has 0 fully saturated rings. The quantitative estimate of drug-likeness (QED) is 0.708. The molecule has 1 aromatic rings. The van der Waals surface area contributed by atoms with Gasteiger partial charge in [0.25, 0.3) is 0 Å². The molecule has 0 saturated carbocycles. The zero-order chi connectivity index (χ0) is 13.4. The fraction of sp³-hybridized carbons (Fsp3) is 0.615.